The lowest BCUT2D eigenvalue weighted by atomic mass is 10.1. The summed E-state index contributed by atoms with van der Waals surface area (Å²) in [4.78, 5) is 11.8. The summed E-state index contributed by atoms with van der Waals surface area (Å²) in [7, 11) is 0. The van der Waals surface area contributed by atoms with Gasteiger partial charge in [0, 0.05) is 33.4 Å². The number of hydrogen-bond donors (Lipinski definition) is 1. The van der Waals surface area contributed by atoms with Crippen LogP contribution in [0.4, 0.5) is 0 Å². The number of rotatable bonds is 6. The zero-order valence-electron chi connectivity index (χ0n) is 13.9. The maximum absolute atomic E-state index is 11.8. The van der Waals surface area contributed by atoms with Crippen LogP contribution in [0.5, 0.6) is 5.75 Å². The molecule has 0 aliphatic heterocycles. The Morgan fingerprint density at radius 3 is 2.77 bits per heavy atom. The van der Waals surface area contributed by atoms with Gasteiger partial charge in [0.25, 0.3) is 0 Å². The van der Waals surface area contributed by atoms with Gasteiger partial charge in [-0.15, -0.1) is 0 Å². The molecule has 0 fully saturated rings. The van der Waals surface area contributed by atoms with Crippen molar-refractivity contribution in [1.29, 1.82) is 0 Å². The van der Waals surface area contributed by atoms with Crippen molar-refractivity contribution >= 4 is 33.5 Å². The van der Waals surface area contributed by atoms with E-state index in [2.05, 4.69) is 21.0 Å². The van der Waals surface area contributed by atoms with Crippen molar-refractivity contribution < 1.29 is 14.6 Å². The van der Waals surface area contributed by atoms with Gasteiger partial charge >= 0.3 is 5.97 Å². The van der Waals surface area contributed by atoms with E-state index < -0.39 is 12.1 Å². The fourth-order valence-corrected chi connectivity index (χ4v) is 3.13. The van der Waals surface area contributed by atoms with Gasteiger partial charge in [-0.05, 0) is 43.3 Å². The summed E-state index contributed by atoms with van der Waals surface area (Å²) >= 11 is 9.49. The number of aliphatic carboxylic acids is 1. The van der Waals surface area contributed by atoms with E-state index in [4.69, 9.17) is 16.3 Å². The van der Waals surface area contributed by atoms with Crippen molar-refractivity contribution in [3.63, 3.8) is 0 Å². The van der Waals surface area contributed by atoms with Crippen molar-refractivity contribution in [2.45, 2.75) is 19.6 Å². The van der Waals surface area contributed by atoms with Crippen LogP contribution in [0.3, 0.4) is 0 Å². The van der Waals surface area contributed by atoms with Gasteiger partial charge in [-0.3, -0.25) is 4.68 Å². The molecule has 0 spiro atoms. The molecule has 0 amide bonds. The number of aromatic nitrogens is 2. The third kappa shape index (κ3) is 4.08. The zero-order chi connectivity index (χ0) is 18.7. The van der Waals surface area contributed by atoms with Crippen LogP contribution in [0, 0.1) is 0 Å². The van der Waals surface area contributed by atoms with E-state index in [0.717, 1.165) is 11.0 Å². The van der Waals surface area contributed by atoms with E-state index in [-0.39, 0.29) is 0 Å². The fraction of sp³-hybridized carbons (Fsp3) is 0.158. The third-order valence-corrected chi connectivity index (χ3v) is 4.53. The minimum absolute atomic E-state index is 0.406. The second-order valence-corrected chi connectivity index (χ2v) is 6.94. The standard InChI is InChI=1S/C19H16BrClN2O3/c1-2-23-9-8-16(22-23)15-11-14(21)6-7-17(15)26-18(19(24)25)12-4-3-5-13(20)10-12/h3-11,18H,2H2,1H3,(H,24,25). The number of carboxylic acids is 1. The Morgan fingerprint density at radius 2 is 2.12 bits per heavy atom. The Morgan fingerprint density at radius 1 is 1.31 bits per heavy atom. The van der Waals surface area contributed by atoms with Crippen LogP contribution >= 0.6 is 27.5 Å². The topological polar surface area (TPSA) is 64.3 Å². The molecule has 1 N–H and O–H groups in total. The van der Waals surface area contributed by atoms with Crippen LogP contribution in [0.15, 0.2) is 59.2 Å². The Hall–Kier alpha value is -2.31. The van der Waals surface area contributed by atoms with Gasteiger partial charge in [0.15, 0.2) is 0 Å². The van der Waals surface area contributed by atoms with Crippen LogP contribution < -0.4 is 4.74 Å². The quantitative estimate of drug-likeness (QED) is 0.578. The molecule has 0 radical (unpaired) electrons. The molecule has 0 aliphatic rings. The predicted octanol–water partition coefficient (Wildman–Crippen LogP) is 5.19. The average molecular weight is 436 g/mol. The summed E-state index contributed by atoms with van der Waals surface area (Å²) in [5, 5.41) is 14.6. The number of hydrogen-bond acceptors (Lipinski definition) is 3. The number of aryl methyl sites for hydroxylation is 1. The molecule has 1 heterocycles. The Balaban J connectivity index is 2.01. The molecule has 1 unspecified atom stereocenters. The fourth-order valence-electron chi connectivity index (χ4n) is 2.54. The number of nitrogens with zero attached hydrogens (tertiary/aromatic N) is 2. The maximum Gasteiger partial charge on any atom is 0.349 e. The van der Waals surface area contributed by atoms with E-state index in [9.17, 15) is 9.90 Å². The minimum atomic E-state index is -1.15. The van der Waals surface area contributed by atoms with Gasteiger partial charge in [-0.2, -0.15) is 5.10 Å². The molecule has 1 aromatic heterocycles. The number of ether oxygens (including phenoxy) is 1. The molecule has 134 valence electrons. The number of carboxylic acid groups (broad SMARTS) is 1. The van der Waals surface area contributed by atoms with E-state index in [1.807, 2.05) is 25.3 Å². The number of halogens is 2. The van der Waals surface area contributed by atoms with Crippen LogP contribution in [0.25, 0.3) is 11.3 Å². The van der Waals surface area contributed by atoms with E-state index >= 15 is 0 Å². The maximum atomic E-state index is 11.8. The highest BCUT2D eigenvalue weighted by atomic mass is 79.9. The van der Waals surface area contributed by atoms with E-state index in [1.165, 1.54) is 0 Å². The Kier molecular flexibility index (Phi) is 5.64. The zero-order valence-corrected chi connectivity index (χ0v) is 16.2. The molecule has 3 rings (SSSR count). The van der Waals surface area contributed by atoms with Crippen LogP contribution in [-0.4, -0.2) is 20.9 Å². The molecule has 3 aromatic rings. The van der Waals surface area contributed by atoms with Crippen molar-refractivity contribution in [1.82, 2.24) is 9.78 Å². The summed E-state index contributed by atoms with van der Waals surface area (Å²) < 4.78 is 8.43. The molecule has 1 atom stereocenters. The first kappa shape index (κ1) is 18.5. The summed E-state index contributed by atoms with van der Waals surface area (Å²) in [6.45, 7) is 2.71. The van der Waals surface area contributed by atoms with Crippen LogP contribution in [-0.2, 0) is 11.3 Å². The molecular weight excluding hydrogens is 420 g/mol. The number of carbonyl (C=O) groups is 1. The first-order valence-electron chi connectivity index (χ1n) is 7.96. The van der Waals surface area contributed by atoms with Gasteiger partial charge in [0.2, 0.25) is 6.10 Å². The van der Waals surface area contributed by atoms with Gasteiger partial charge in [-0.25, -0.2) is 4.79 Å². The highest BCUT2D eigenvalue weighted by molar-refractivity contribution is 9.10. The van der Waals surface area contributed by atoms with Crippen molar-refractivity contribution in [3.8, 4) is 17.0 Å². The number of benzene rings is 2. The summed E-state index contributed by atoms with van der Waals surface area (Å²) in [6.07, 6.45) is 0.698. The minimum Gasteiger partial charge on any atom is -0.478 e. The average Bonchev–Trinajstić information content (AvgIpc) is 3.09. The van der Waals surface area contributed by atoms with Crippen molar-refractivity contribution in [3.05, 3.63) is 69.8 Å². The lowest BCUT2D eigenvalue weighted by Crippen LogP contribution is -2.18. The third-order valence-electron chi connectivity index (χ3n) is 3.80. The molecule has 0 saturated heterocycles. The largest absolute Gasteiger partial charge is 0.478 e. The van der Waals surface area contributed by atoms with Gasteiger partial charge < -0.3 is 9.84 Å². The smallest absolute Gasteiger partial charge is 0.349 e. The molecule has 0 bridgehead atoms. The molecule has 5 nitrogen and oxygen atoms in total. The van der Waals surface area contributed by atoms with Crippen LogP contribution in [0.1, 0.15) is 18.6 Å². The molecule has 0 saturated carbocycles. The molecule has 26 heavy (non-hydrogen) atoms. The first-order chi connectivity index (χ1) is 12.5. The highest BCUT2D eigenvalue weighted by Gasteiger charge is 2.24. The second-order valence-electron chi connectivity index (χ2n) is 5.59. The summed E-state index contributed by atoms with van der Waals surface area (Å²) in [5.41, 5.74) is 1.85. The lowest BCUT2D eigenvalue weighted by molar-refractivity contribution is -0.145. The van der Waals surface area contributed by atoms with E-state index in [0.29, 0.717) is 27.6 Å². The lowest BCUT2D eigenvalue weighted by Gasteiger charge is -2.18. The van der Waals surface area contributed by atoms with E-state index in [1.54, 1.807) is 41.1 Å². The van der Waals surface area contributed by atoms with Gasteiger partial charge in [0.1, 0.15) is 5.75 Å². The summed E-state index contributed by atoms with van der Waals surface area (Å²) in [6, 6.07) is 13.9. The molecule has 7 heteroatoms. The monoisotopic (exact) mass is 434 g/mol. The summed E-state index contributed by atoms with van der Waals surface area (Å²) in [5.74, 6) is -0.675. The normalized spacial score (nSPS) is 12.0. The van der Waals surface area contributed by atoms with Crippen molar-refractivity contribution in [2.75, 3.05) is 0 Å². The predicted molar refractivity (Wildman–Crippen MR) is 103 cm³/mol. The first-order valence-corrected chi connectivity index (χ1v) is 9.13. The molecule has 0 aliphatic carbocycles. The highest BCUT2D eigenvalue weighted by Crippen LogP contribution is 2.35. The van der Waals surface area contributed by atoms with Gasteiger partial charge in [0.05, 0.1) is 5.69 Å². The molecule has 2 aromatic carbocycles. The van der Waals surface area contributed by atoms with Crippen LogP contribution in [0.2, 0.25) is 5.02 Å². The molecular formula is C19H16BrClN2O3. The second kappa shape index (κ2) is 7.93. The Labute approximate surface area is 164 Å². The van der Waals surface area contributed by atoms with Crippen molar-refractivity contribution in [2.24, 2.45) is 0 Å². The van der Waals surface area contributed by atoms with Gasteiger partial charge in [-0.1, -0.05) is 39.7 Å². The Bertz CT molecular complexity index is 942. The SMILES string of the molecule is CCn1ccc(-c2cc(Cl)ccc2OC(C(=O)O)c2cccc(Br)c2)n1.